The lowest BCUT2D eigenvalue weighted by Gasteiger charge is -2.08. The molecule has 0 aliphatic heterocycles. The molecule has 0 bridgehead atoms. The van der Waals surface area contributed by atoms with Crippen LogP contribution in [0.5, 0.6) is 0 Å². The SMILES string of the molecule is N#Cc1cccc(CS(=O)c2c(F)cc(N)cc2F)c1F. The van der Waals surface area contributed by atoms with Crippen LogP contribution < -0.4 is 5.73 Å². The van der Waals surface area contributed by atoms with Crippen molar-refractivity contribution in [1.82, 2.24) is 0 Å². The summed E-state index contributed by atoms with van der Waals surface area (Å²) >= 11 is 0. The number of benzene rings is 2. The van der Waals surface area contributed by atoms with E-state index in [1.165, 1.54) is 18.2 Å². The van der Waals surface area contributed by atoms with Crippen molar-refractivity contribution >= 4 is 16.5 Å². The van der Waals surface area contributed by atoms with Crippen LogP contribution in [0.15, 0.2) is 35.2 Å². The minimum absolute atomic E-state index is 0.0528. The van der Waals surface area contributed by atoms with E-state index in [0.717, 1.165) is 12.1 Å². The van der Waals surface area contributed by atoms with Crippen LogP contribution in [-0.4, -0.2) is 4.21 Å². The van der Waals surface area contributed by atoms with Gasteiger partial charge in [0.2, 0.25) is 0 Å². The van der Waals surface area contributed by atoms with Crippen molar-refractivity contribution in [2.75, 3.05) is 5.73 Å². The van der Waals surface area contributed by atoms with Crippen LogP contribution >= 0.6 is 0 Å². The molecule has 2 N–H and O–H groups in total. The molecule has 0 heterocycles. The van der Waals surface area contributed by atoms with Crippen LogP contribution in [0.25, 0.3) is 0 Å². The van der Waals surface area contributed by atoms with E-state index in [0.29, 0.717) is 0 Å². The van der Waals surface area contributed by atoms with Crippen molar-refractivity contribution in [3.63, 3.8) is 0 Å². The lowest BCUT2D eigenvalue weighted by atomic mass is 10.1. The summed E-state index contributed by atoms with van der Waals surface area (Å²) < 4.78 is 53.2. The second-order valence-electron chi connectivity index (χ2n) is 4.19. The van der Waals surface area contributed by atoms with Crippen LogP contribution in [0.3, 0.4) is 0 Å². The molecule has 0 aliphatic rings. The summed E-state index contributed by atoms with van der Waals surface area (Å²) in [5, 5.41) is 8.71. The third-order valence-corrected chi connectivity index (χ3v) is 4.15. The smallest absolute Gasteiger partial charge is 0.145 e. The molecule has 7 heteroatoms. The zero-order chi connectivity index (χ0) is 15.6. The van der Waals surface area contributed by atoms with Gasteiger partial charge in [-0.05, 0) is 18.2 Å². The molecule has 0 radical (unpaired) electrons. The predicted octanol–water partition coefficient (Wildman–Crippen LogP) is 2.87. The molecule has 2 rings (SSSR count). The fourth-order valence-electron chi connectivity index (χ4n) is 1.79. The molecule has 0 fully saturated rings. The second kappa shape index (κ2) is 5.97. The summed E-state index contributed by atoms with van der Waals surface area (Å²) in [4.78, 5) is -0.661. The largest absolute Gasteiger partial charge is 0.399 e. The predicted molar refractivity (Wildman–Crippen MR) is 72.0 cm³/mol. The standard InChI is InChI=1S/C14H9F3N2OS/c15-11-4-10(19)5-12(16)14(11)21(20)7-9-3-1-2-8(6-18)13(9)17/h1-5H,7,19H2. The van der Waals surface area contributed by atoms with Gasteiger partial charge in [0.1, 0.15) is 28.4 Å². The van der Waals surface area contributed by atoms with E-state index < -0.39 is 38.9 Å². The minimum atomic E-state index is -2.14. The zero-order valence-corrected chi connectivity index (χ0v) is 11.4. The van der Waals surface area contributed by atoms with E-state index in [2.05, 4.69) is 0 Å². The molecule has 1 unspecified atom stereocenters. The van der Waals surface area contributed by atoms with E-state index in [9.17, 15) is 17.4 Å². The number of halogens is 3. The van der Waals surface area contributed by atoms with Crippen LogP contribution in [0.4, 0.5) is 18.9 Å². The topological polar surface area (TPSA) is 66.9 Å². The number of nitrogens with zero attached hydrogens (tertiary/aromatic N) is 1. The van der Waals surface area contributed by atoms with E-state index >= 15 is 0 Å². The lowest BCUT2D eigenvalue weighted by molar-refractivity contribution is 0.535. The van der Waals surface area contributed by atoms with Gasteiger partial charge in [0.25, 0.3) is 0 Å². The third-order valence-electron chi connectivity index (χ3n) is 2.73. The molecular formula is C14H9F3N2OS. The second-order valence-corrected chi connectivity index (χ2v) is 5.58. The number of hydrogen-bond acceptors (Lipinski definition) is 3. The Labute approximate surface area is 121 Å². The van der Waals surface area contributed by atoms with Crippen LogP contribution in [0, 0.1) is 28.8 Å². The molecule has 0 spiro atoms. The molecule has 0 saturated heterocycles. The Morgan fingerprint density at radius 3 is 2.38 bits per heavy atom. The molecule has 0 aromatic heterocycles. The number of nitrogen functional groups attached to an aromatic ring is 1. The van der Waals surface area contributed by atoms with Gasteiger partial charge in [0.15, 0.2) is 0 Å². The van der Waals surface area contributed by atoms with Crippen molar-refractivity contribution in [2.45, 2.75) is 10.6 Å². The first-order chi connectivity index (χ1) is 9.93. The quantitative estimate of drug-likeness (QED) is 0.886. The van der Waals surface area contributed by atoms with Gasteiger partial charge in [-0.1, -0.05) is 12.1 Å². The monoisotopic (exact) mass is 310 g/mol. The average Bonchev–Trinajstić information content (AvgIpc) is 2.40. The maximum absolute atomic E-state index is 13.8. The van der Waals surface area contributed by atoms with E-state index in [4.69, 9.17) is 11.0 Å². The maximum Gasteiger partial charge on any atom is 0.145 e. The Morgan fingerprint density at radius 2 is 1.81 bits per heavy atom. The van der Waals surface area contributed by atoms with Crippen LogP contribution in [-0.2, 0) is 16.6 Å². The van der Waals surface area contributed by atoms with Crippen LogP contribution in [0.2, 0.25) is 0 Å². The molecule has 0 saturated carbocycles. The van der Waals surface area contributed by atoms with Gasteiger partial charge < -0.3 is 5.73 Å². The third kappa shape index (κ3) is 3.06. The number of anilines is 1. The van der Waals surface area contributed by atoms with Gasteiger partial charge in [0.05, 0.1) is 22.1 Å². The highest BCUT2D eigenvalue weighted by Crippen LogP contribution is 2.23. The number of nitriles is 1. The van der Waals surface area contributed by atoms with Gasteiger partial charge in [-0.2, -0.15) is 5.26 Å². The lowest BCUT2D eigenvalue weighted by Crippen LogP contribution is -2.06. The summed E-state index contributed by atoms with van der Waals surface area (Å²) in [5.74, 6) is -3.39. The highest BCUT2D eigenvalue weighted by molar-refractivity contribution is 7.84. The fraction of sp³-hybridized carbons (Fsp3) is 0.0714. The van der Waals surface area contributed by atoms with Crippen molar-refractivity contribution in [3.8, 4) is 6.07 Å². The molecule has 21 heavy (non-hydrogen) atoms. The summed E-state index contributed by atoms with van der Waals surface area (Å²) in [7, 11) is -2.14. The van der Waals surface area contributed by atoms with E-state index in [1.807, 2.05) is 0 Å². The summed E-state index contributed by atoms with van der Waals surface area (Å²) in [6.45, 7) is 0. The zero-order valence-electron chi connectivity index (χ0n) is 10.6. The van der Waals surface area contributed by atoms with Crippen molar-refractivity contribution < 1.29 is 17.4 Å². The highest BCUT2D eigenvalue weighted by atomic mass is 32.2. The minimum Gasteiger partial charge on any atom is -0.399 e. The van der Waals surface area contributed by atoms with Crippen molar-refractivity contribution in [2.24, 2.45) is 0 Å². The Kier molecular flexibility index (Phi) is 4.29. The van der Waals surface area contributed by atoms with Gasteiger partial charge in [-0.3, -0.25) is 4.21 Å². The Bertz CT molecular complexity index is 748. The number of nitrogens with two attached hydrogens (primary N) is 1. The van der Waals surface area contributed by atoms with Gasteiger partial charge >= 0.3 is 0 Å². The molecule has 0 aliphatic carbocycles. The van der Waals surface area contributed by atoms with Gasteiger partial charge in [-0.25, -0.2) is 13.2 Å². The molecule has 3 nitrogen and oxygen atoms in total. The number of rotatable bonds is 3. The number of hydrogen-bond donors (Lipinski definition) is 1. The molecule has 2 aromatic carbocycles. The maximum atomic E-state index is 13.8. The summed E-state index contributed by atoms with van der Waals surface area (Å²) in [5.41, 5.74) is 4.86. The first-order valence-electron chi connectivity index (χ1n) is 5.74. The summed E-state index contributed by atoms with van der Waals surface area (Å²) in [6.07, 6.45) is 0. The van der Waals surface area contributed by atoms with Crippen molar-refractivity contribution in [1.29, 1.82) is 5.26 Å². The van der Waals surface area contributed by atoms with Crippen LogP contribution in [0.1, 0.15) is 11.1 Å². The summed E-state index contributed by atoms with van der Waals surface area (Å²) in [6, 6.07) is 7.30. The first kappa shape index (κ1) is 15.1. The van der Waals surface area contributed by atoms with Crippen molar-refractivity contribution in [3.05, 3.63) is 58.9 Å². The van der Waals surface area contributed by atoms with E-state index in [-0.39, 0.29) is 16.8 Å². The molecule has 2 aromatic rings. The molecular weight excluding hydrogens is 301 g/mol. The molecule has 1 atom stereocenters. The Hall–Kier alpha value is -2.33. The highest BCUT2D eigenvalue weighted by Gasteiger charge is 2.19. The van der Waals surface area contributed by atoms with E-state index in [1.54, 1.807) is 6.07 Å². The normalized spacial score (nSPS) is 11.9. The Balaban J connectivity index is 2.38. The molecule has 0 amide bonds. The van der Waals surface area contributed by atoms with Gasteiger partial charge in [-0.15, -0.1) is 0 Å². The molecule has 108 valence electrons. The first-order valence-corrected chi connectivity index (χ1v) is 7.06. The average molecular weight is 310 g/mol. The van der Waals surface area contributed by atoms with Gasteiger partial charge in [0, 0.05) is 11.3 Å². The Morgan fingerprint density at radius 1 is 1.19 bits per heavy atom. The fourth-order valence-corrected chi connectivity index (χ4v) is 2.99.